The molecule has 1 aromatic heterocycles. The van der Waals surface area contributed by atoms with E-state index in [1.807, 2.05) is 0 Å². The maximum absolute atomic E-state index is 13.3. The van der Waals surface area contributed by atoms with Crippen molar-refractivity contribution >= 4 is 17.9 Å². The minimum atomic E-state index is -5.60. The van der Waals surface area contributed by atoms with Crippen molar-refractivity contribution in [1.82, 2.24) is 10.2 Å². The highest BCUT2D eigenvalue weighted by molar-refractivity contribution is 6.05. The van der Waals surface area contributed by atoms with Gasteiger partial charge in [0.05, 0.1) is 6.26 Å². The lowest BCUT2D eigenvalue weighted by molar-refractivity contribution is -0.334. The van der Waals surface area contributed by atoms with Crippen molar-refractivity contribution in [3.63, 3.8) is 0 Å². The first-order chi connectivity index (χ1) is 14.4. The number of carbonyl (C=O) groups excluding carboxylic acids is 2. The molecule has 11 heteroatoms. The van der Waals surface area contributed by atoms with Crippen LogP contribution in [-0.2, 0) is 4.79 Å². The Bertz CT molecular complexity index is 951. The Labute approximate surface area is 172 Å². The number of nitrogens with one attached hydrogen (secondary N) is 1. The molecule has 0 radical (unpaired) electrons. The summed E-state index contributed by atoms with van der Waals surface area (Å²) in [6.45, 7) is -2.38. The van der Waals surface area contributed by atoms with Crippen molar-refractivity contribution in [2.24, 2.45) is 5.41 Å². The van der Waals surface area contributed by atoms with E-state index in [0.29, 0.717) is 4.90 Å². The molecule has 2 heterocycles. The van der Waals surface area contributed by atoms with E-state index in [2.05, 4.69) is 5.32 Å². The monoisotopic (exact) mass is 446 g/mol. The number of alkyl halides is 6. The Kier molecular flexibility index (Phi) is 5.88. The maximum atomic E-state index is 13.3. The highest BCUT2D eigenvalue weighted by atomic mass is 19.4. The number of furan rings is 1. The van der Waals surface area contributed by atoms with Crippen molar-refractivity contribution in [1.29, 1.82) is 0 Å². The average molecular weight is 446 g/mol. The van der Waals surface area contributed by atoms with Gasteiger partial charge in [-0.1, -0.05) is 18.2 Å². The molecule has 2 amide bonds. The fraction of sp³-hybridized carbons (Fsp3) is 0.300. The second-order valence-corrected chi connectivity index (χ2v) is 6.95. The second-order valence-electron chi connectivity index (χ2n) is 6.95. The third-order valence-corrected chi connectivity index (χ3v) is 4.99. The van der Waals surface area contributed by atoms with Crippen LogP contribution >= 0.6 is 0 Å². The molecule has 31 heavy (non-hydrogen) atoms. The van der Waals surface area contributed by atoms with Crippen molar-refractivity contribution in [2.45, 2.75) is 18.8 Å². The topological polar surface area (TPSA) is 62.6 Å². The first-order valence-corrected chi connectivity index (χ1v) is 8.99. The number of amides is 2. The summed E-state index contributed by atoms with van der Waals surface area (Å²) in [5.74, 6) is -1.87. The molecule has 5 nitrogen and oxygen atoms in total. The second kappa shape index (κ2) is 8.12. The van der Waals surface area contributed by atoms with E-state index >= 15 is 0 Å². The van der Waals surface area contributed by atoms with Crippen molar-refractivity contribution < 1.29 is 40.3 Å². The molecule has 2 aromatic rings. The quantitative estimate of drug-likeness (QED) is 0.560. The Morgan fingerprint density at radius 2 is 1.65 bits per heavy atom. The molecule has 1 aliphatic rings. The van der Waals surface area contributed by atoms with Gasteiger partial charge < -0.3 is 14.6 Å². The summed E-state index contributed by atoms with van der Waals surface area (Å²) in [4.78, 5) is 25.7. The molecule has 3 rings (SSSR count). The molecule has 0 unspecified atom stereocenters. The molecule has 0 aliphatic carbocycles. The molecular weight excluding hydrogens is 430 g/mol. The van der Waals surface area contributed by atoms with E-state index in [9.17, 15) is 35.9 Å². The Balaban J connectivity index is 1.90. The summed E-state index contributed by atoms with van der Waals surface area (Å²) >= 11 is 0. The van der Waals surface area contributed by atoms with Gasteiger partial charge in [-0.15, -0.1) is 0 Å². The summed E-state index contributed by atoms with van der Waals surface area (Å²) in [7, 11) is 0. The van der Waals surface area contributed by atoms with E-state index in [-0.39, 0.29) is 11.3 Å². The molecule has 0 atom stereocenters. The largest absolute Gasteiger partial charge is 0.465 e. The predicted octanol–water partition coefficient (Wildman–Crippen LogP) is 4.39. The van der Waals surface area contributed by atoms with Crippen LogP contribution in [0.25, 0.3) is 6.08 Å². The minimum Gasteiger partial charge on any atom is -0.465 e. The predicted molar refractivity (Wildman–Crippen MR) is 96.3 cm³/mol. The van der Waals surface area contributed by atoms with Crippen LogP contribution < -0.4 is 5.32 Å². The van der Waals surface area contributed by atoms with Gasteiger partial charge in [0.1, 0.15) is 11.5 Å². The molecular formula is C20H16F6N2O3. The lowest BCUT2D eigenvalue weighted by Crippen LogP contribution is -2.52. The van der Waals surface area contributed by atoms with E-state index in [1.165, 1.54) is 30.5 Å². The van der Waals surface area contributed by atoms with E-state index in [4.69, 9.17) is 4.42 Å². The van der Waals surface area contributed by atoms with Crippen LogP contribution in [0.4, 0.5) is 26.3 Å². The Morgan fingerprint density at radius 1 is 1.00 bits per heavy atom. The SMILES string of the molecule is O=C(N/C(=C\c1ccco1)C(=O)N1CCC(C(F)(F)F)(C(F)(F)F)C1)c1ccccc1. The van der Waals surface area contributed by atoms with Gasteiger partial charge in [0.25, 0.3) is 11.8 Å². The van der Waals surface area contributed by atoms with Gasteiger partial charge in [-0.25, -0.2) is 0 Å². The Morgan fingerprint density at radius 3 is 2.16 bits per heavy atom. The molecule has 0 saturated carbocycles. The van der Waals surface area contributed by atoms with Crippen LogP contribution in [0.1, 0.15) is 22.5 Å². The van der Waals surface area contributed by atoms with Crippen molar-refractivity contribution in [3.05, 3.63) is 65.7 Å². The molecule has 1 N–H and O–H groups in total. The highest BCUT2D eigenvalue weighted by Crippen LogP contribution is 2.55. The van der Waals surface area contributed by atoms with Gasteiger partial charge in [0.15, 0.2) is 5.41 Å². The summed E-state index contributed by atoms with van der Waals surface area (Å²) in [6, 6.07) is 10.5. The van der Waals surface area contributed by atoms with Gasteiger partial charge in [0, 0.05) is 24.7 Å². The van der Waals surface area contributed by atoms with Gasteiger partial charge in [-0.3, -0.25) is 9.59 Å². The third-order valence-electron chi connectivity index (χ3n) is 4.99. The summed E-state index contributed by atoms with van der Waals surface area (Å²) < 4.78 is 85.0. The van der Waals surface area contributed by atoms with E-state index in [1.54, 1.807) is 18.2 Å². The normalized spacial score (nSPS) is 17.0. The standard InChI is InChI=1S/C20H16F6N2O3/c21-19(22,23)18(20(24,25)26)8-9-28(12-18)17(30)15(11-14-7-4-10-31-14)27-16(29)13-5-2-1-3-6-13/h1-7,10-11H,8-9,12H2,(H,27,29)/b15-11-. The van der Waals surface area contributed by atoms with Gasteiger partial charge in [-0.05, 0) is 30.7 Å². The lowest BCUT2D eigenvalue weighted by atomic mass is 9.85. The minimum absolute atomic E-state index is 0.0776. The number of rotatable bonds is 4. The molecule has 166 valence electrons. The lowest BCUT2D eigenvalue weighted by Gasteiger charge is -2.33. The van der Waals surface area contributed by atoms with Crippen molar-refractivity contribution in [3.8, 4) is 0 Å². The fourth-order valence-electron chi connectivity index (χ4n) is 3.23. The molecule has 1 fully saturated rings. The van der Waals surface area contributed by atoms with Crippen LogP contribution in [0.2, 0.25) is 0 Å². The number of hydrogen-bond donors (Lipinski definition) is 1. The number of halogens is 6. The summed E-state index contributed by atoms with van der Waals surface area (Å²) in [5.41, 5.74) is -4.40. The van der Waals surface area contributed by atoms with Crippen LogP contribution in [0.5, 0.6) is 0 Å². The zero-order valence-corrected chi connectivity index (χ0v) is 15.8. The average Bonchev–Trinajstić information content (AvgIpc) is 3.37. The van der Waals surface area contributed by atoms with Crippen LogP contribution in [0, 0.1) is 5.41 Å². The Hall–Kier alpha value is -3.24. The van der Waals surface area contributed by atoms with Crippen LogP contribution in [-0.4, -0.2) is 42.2 Å². The number of hydrogen-bond acceptors (Lipinski definition) is 3. The number of carbonyl (C=O) groups is 2. The summed E-state index contributed by atoms with van der Waals surface area (Å²) in [5, 5.41) is 2.26. The zero-order valence-electron chi connectivity index (χ0n) is 15.8. The smallest absolute Gasteiger partial charge is 0.404 e. The molecule has 1 aliphatic heterocycles. The highest BCUT2D eigenvalue weighted by Gasteiger charge is 2.73. The summed E-state index contributed by atoms with van der Waals surface area (Å²) in [6.07, 6.45) is -10.2. The van der Waals surface area contributed by atoms with E-state index < -0.39 is 54.8 Å². The number of nitrogens with zero attached hydrogens (tertiary/aromatic N) is 1. The van der Waals surface area contributed by atoms with Crippen LogP contribution in [0.3, 0.4) is 0 Å². The zero-order chi connectivity index (χ0) is 22.9. The number of likely N-dealkylation sites (tertiary alicyclic amines) is 1. The van der Waals surface area contributed by atoms with Crippen molar-refractivity contribution in [2.75, 3.05) is 13.1 Å². The fourth-order valence-corrected chi connectivity index (χ4v) is 3.23. The number of benzene rings is 1. The van der Waals surface area contributed by atoms with Gasteiger partial charge in [0.2, 0.25) is 0 Å². The molecule has 1 saturated heterocycles. The first-order valence-electron chi connectivity index (χ1n) is 8.99. The first kappa shape index (κ1) is 22.4. The third kappa shape index (κ3) is 4.44. The molecule has 0 spiro atoms. The molecule has 0 bridgehead atoms. The van der Waals surface area contributed by atoms with Gasteiger partial charge >= 0.3 is 12.4 Å². The maximum Gasteiger partial charge on any atom is 0.404 e. The van der Waals surface area contributed by atoms with E-state index in [0.717, 1.165) is 6.08 Å². The van der Waals surface area contributed by atoms with Gasteiger partial charge in [-0.2, -0.15) is 26.3 Å². The van der Waals surface area contributed by atoms with Crippen LogP contribution in [0.15, 0.2) is 58.8 Å². The molecule has 1 aromatic carbocycles.